The second-order valence-corrected chi connectivity index (χ2v) is 5.23. The molecule has 2 aliphatic rings. The summed E-state index contributed by atoms with van der Waals surface area (Å²) in [5.41, 5.74) is 5.89. The molecule has 3 rings (SSSR count). The Morgan fingerprint density at radius 2 is 2.15 bits per heavy atom. The Labute approximate surface area is 118 Å². The van der Waals surface area contributed by atoms with Gasteiger partial charge < -0.3 is 25.4 Å². The van der Waals surface area contributed by atoms with E-state index in [9.17, 15) is 0 Å². The molecular weight excluding hydrogens is 258 g/mol. The molecule has 0 unspecified atom stereocenters. The maximum absolute atomic E-state index is 5.89. The van der Waals surface area contributed by atoms with Crippen molar-refractivity contribution in [3.05, 3.63) is 6.07 Å². The predicted octanol–water partition coefficient (Wildman–Crippen LogP) is 0.485. The summed E-state index contributed by atoms with van der Waals surface area (Å²) in [6.07, 6.45) is 2.41. The van der Waals surface area contributed by atoms with E-state index in [0.717, 1.165) is 18.9 Å². The van der Waals surface area contributed by atoms with Crippen molar-refractivity contribution in [2.45, 2.75) is 25.0 Å². The van der Waals surface area contributed by atoms with Crippen molar-refractivity contribution in [1.82, 2.24) is 9.97 Å². The number of hydrogen-bond donors (Lipinski definition) is 2. The van der Waals surface area contributed by atoms with Crippen molar-refractivity contribution in [3.8, 4) is 0 Å². The average molecular weight is 279 g/mol. The van der Waals surface area contributed by atoms with E-state index in [1.165, 1.54) is 12.8 Å². The van der Waals surface area contributed by atoms with Crippen molar-refractivity contribution >= 4 is 17.6 Å². The fourth-order valence-corrected chi connectivity index (χ4v) is 2.68. The highest BCUT2D eigenvalue weighted by Gasteiger charge is 2.28. The van der Waals surface area contributed by atoms with Crippen LogP contribution >= 0.6 is 0 Å². The first kappa shape index (κ1) is 13.4. The highest BCUT2D eigenvalue weighted by atomic mass is 16.5. The van der Waals surface area contributed by atoms with Gasteiger partial charge in [-0.3, -0.25) is 0 Å². The Balaban J connectivity index is 1.75. The van der Waals surface area contributed by atoms with Crippen LogP contribution in [0, 0.1) is 0 Å². The van der Waals surface area contributed by atoms with Crippen LogP contribution < -0.4 is 16.0 Å². The number of anilines is 3. The van der Waals surface area contributed by atoms with E-state index < -0.39 is 0 Å². The minimum atomic E-state index is 0.0430. The second kappa shape index (κ2) is 5.80. The molecule has 3 heterocycles. The fraction of sp³-hybridized carbons (Fsp3) is 0.692. The minimum Gasteiger partial charge on any atom is -0.383 e. The molecule has 20 heavy (non-hydrogen) atoms. The van der Waals surface area contributed by atoms with E-state index in [1.807, 2.05) is 0 Å². The molecule has 3 N–H and O–H groups in total. The van der Waals surface area contributed by atoms with E-state index in [1.54, 1.807) is 13.2 Å². The summed E-state index contributed by atoms with van der Waals surface area (Å²) in [7, 11) is 1.69. The summed E-state index contributed by atoms with van der Waals surface area (Å²) < 4.78 is 10.8. The summed E-state index contributed by atoms with van der Waals surface area (Å²) in [5.74, 6) is 1.92. The van der Waals surface area contributed by atoms with Gasteiger partial charge in [-0.1, -0.05) is 0 Å². The summed E-state index contributed by atoms with van der Waals surface area (Å²) in [4.78, 5) is 11.0. The number of ether oxygens (including phenoxy) is 2. The second-order valence-electron chi connectivity index (χ2n) is 5.23. The number of hydrogen-bond acceptors (Lipinski definition) is 7. The number of nitrogens with zero attached hydrogens (tertiary/aromatic N) is 3. The maximum atomic E-state index is 5.89. The van der Waals surface area contributed by atoms with Gasteiger partial charge in [0.2, 0.25) is 5.95 Å². The Kier molecular flexibility index (Phi) is 3.88. The topological polar surface area (TPSA) is 85.5 Å². The van der Waals surface area contributed by atoms with Crippen LogP contribution in [-0.2, 0) is 9.47 Å². The Hall–Kier alpha value is -1.60. The molecule has 0 bridgehead atoms. The maximum Gasteiger partial charge on any atom is 0.229 e. The third-order valence-corrected chi connectivity index (χ3v) is 3.79. The number of nitrogens with two attached hydrogens (primary N) is 1. The number of nitrogen functional groups attached to an aromatic ring is 1. The summed E-state index contributed by atoms with van der Waals surface area (Å²) in [6.45, 7) is 3.21. The largest absolute Gasteiger partial charge is 0.383 e. The SMILES string of the molecule is CO[C@H]1COC[C@@H]1Nc1cc(N)nc(N2CCCC2)n1. The normalized spacial score (nSPS) is 26.1. The van der Waals surface area contributed by atoms with Gasteiger partial charge in [-0.25, -0.2) is 0 Å². The van der Waals surface area contributed by atoms with Crippen LogP contribution in [0.25, 0.3) is 0 Å². The van der Waals surface area contributed by atoms with Crippen LogP contribution in [-0.4, -0.2) is 55.5 Å². The highest BCUT2D eigenvalue weighted by molar-refractivity contribution is 5.51. The number of methoxy groups -OCH3 is 1. The van der Waals surface area contributed by atoms with E-state index in [0.29, 0.717) is 25.0 Å². The number of rotatable bonds is 4. The highest BCUT2D eigenvalue weighted by Crippen LogP contribution is 2.21. The lowest BCUT2D eigenvalue weighted by Crippen LogP contribution is -2.34. The molecule has 1 aromatic rings. The van der Waals surface area contributed by atoms with Gasteiger partial charge in [0, 0.05) is 26.3 Å². The fourth-order valence-electron chi connectivity index (χ4n) is 2.68. The van der Waals surface area contributed by atoms with Gasteiger partial charge in [-0.2, -0.15) is 9.97 Å². The van der Waals surface area contributed by atoms with Gasteiger partial charge in [0.25, 0.3) is 0 Å². The zero-order chi connectivity index (χ0) is 13.9. The third kappa shape index (κ3) is 2.78. The first-order chi connectivity index (χ1) is 9.76. The van der Waals surface area contributed by atoms with Crippen LogP contribution in [0.3, 0.4) is 0 Å². The molecule has 0 spiro atoms. The molecule has 0 saturated carbocycles. The summed E-state index contributed by atoms with van der Waals surface area (Å²) >= 11 is 0. The van der Waals surface area contributed by atoms with Crippen LogP contribution in [0.5, 0.6) is 0 Å². The smallest absolute Gasteiger partial charge is 0.229 e. The molecule has 0 aromatic carbocycles. The lowest BCUT2D eigenvalue weighted by atomic mass is 10.2. The summed E-state index contributed by atoms with van der Waals surface area (Å²) in [5, 5.41) is 3.34. The van der Waals surface area contributed by atoms with E-state index in [4.69, 9.17) is 15.2 Å². The molecule has 0 radical (unpaired) electrons. The van der Waals surface area contributed by atoms with Crippen LogP contribution in [0.4, 0.5) is 17.6 Å². The molecule has 2 saturated heterocycles. The molecule has 7 nitrogen and oxygen atoms in total. The average Bonchev–Trinajstić information content (AvgIpc) is 3.08. The molecule has 110 valence electrons. The van der Waals surface area contributed by atoms with E-state index in [-0.39, 0.29) is 12.1 Å². The Morgan fingerprint density at radius 3 is 2.90 bits per heavy atom. The Morgan fingerprint density at radius 1 is 1.35 bits per heavy atom. The number of aromatic nitrogens is 2. The van der Waals surface area contributed by atoms with Crippen molar-refractivity contribution in [1.29, 1.82) is 0 Å². The monoisotopic (exact) mass is 279 g/mol. The molecule has 2 atom stereocenters. The van der Waals surface area contributed by atoms with Gasteiger partial charge >= 0.3 is 0 Å². The van der Waals surface area contributed by atoms with Gasteiger partial charge in [-0.05, 0) is 12.8 Å². The Bertz CT molecular complexity index is 464. The van der Waals surface area contributed by atoms with Crippen LogP contribution in [0.1, 0.15) is 12.8 Å². The molecule has 2 aliphatic heterocycles. The number of nitrogens with one attached hydrogen (secondary N) is 1. The minimum absolute atomic E-state index is 0.0430. The van der Waals surface area contributed by atoms with Crippen LogP contribution in [0.15, 0.2) is 6.07 Å². The van der Waals surface area contributed by atoms with Crippen molar-refractivity contribution in [2.24, 2.45) is 0 Å². The van der Waals surface area contributed by atoms with Crippen LogP contribution in [0.2, 0.25) is 0 Å². The quantitative estimate of drug-likeness (QED) is 0.829. The predicted molar refractivity (Wildman–Crippen MR) is 76.9 cm³/mol. The standard InChI is InChI=1S/C13H21N5O2/c1-19-10-8-20-7-9(10)15-12-6-11(14)16-13(17-12)18-4-2-3-5-18/h6,9-10H,2-5,7-8H2,1H3,(H3,14,15,16,17)/t9-,10-/m0/s1. The lowest BCUT2D eigenvalue weighted by molar-refractivity contribution is 0.0795. The molecule has 7 heteroatoms. The lowest BCUT2D eigenvalue weighted by Gasteiger charge is -2.20. The molecule has 0 amide bonds. The first-order valence-electron chi connectivity index (χ1n) is 7.03. The van der Waals surface area contributed by atoms with Gasteiger partial charge in [0.05, 0.1) is 19.3 Å². The van der Waals surface area contributed by atoms with Crippen molar-refractivity contribution in [3.63, 3.8) is 0 Å². The molecule has 2 fully saturated rings. The van der Waals surface area contributed by atoms with Gasteiger partial charge in [-0.15, -0.1) is 0 Å². The van der Waals surface area contributed by atoms with E-state index >= 15 is 0 Å². The van der Waals surface area contributed by atoms with Gasteiger partial charge in [0.1, 0.15) is 17.7 Å². The third-order valence-electron chi connectivity index (χ3n) is 3.79. The molecular formula is C13H21N5O2. The van der Waals surface area contributed by atoms with Crippen molar-refractivity contribution < 1.29 is 9.47 Å². The summed E-state index contributed by atoms with van der Waals surface area (Å²) in [6, 6.07) is 1.85. The zero-order valence-electron chi connectivity index (χ0n) is 11.7. The first-order valence-corrected chi connectivity index (χ1v) is 7.03. The molecule has 1 aromatic heterocycles. The molecule has 0 aliphatic carbocycles. The zero-order valence-corrected chi connectivity index (χ0v) is 11.7. The van der Waals surface area contributed by atoms with Gasteiger partial charge in [0.15, 0.2) is 0 Å². The van der Waals surface area contributed by atoms with Crippen molar-refractivity contribution in [2.75, 3.05) is 49.4 Å². The van der Waals surface area contributed by atoms with E-state index in [2.05, 4.69) is 20.2 Å².